The van der Waals surface area contributed by atoms with Gasteiger partial charge in [-0.3, -0.25) is 10.2 Å². The normalized spacial score (nSPS) is 26.2. The van der Waals surface area contributed by atoms with Crippen LogP contribution in [0.4, 0.5) is 14.9 Å². The molecule has 2 unspecified atom stereocenters. The maximum Gasteiger partial charge on any atom is 0.329 e. The van der Waals surface area contributed by atoms with Crippen molar-refractivity contribution >= 4 is 17.6 Å². The first-order valence-electron chi connectivity index (χ1n) is 8.15. The third kappa shape index (κ3) is 2.45. The van der Waals surface area contributed by atoms with Crippen LogP contribution in [-0.4, -0.2) is 36.5 Å². The third-order valence-corrected chi connectivity index (χ3v) is 4.91. The highest BCUT2D eigenvalue weighted by Gasteiger charge is 2.37. The lowest BCUT2D eigenvalue weighted by atomic mass is 9.96. The number of fused-ring (bicyclic) bond motifs is 1. The maximum absolute atomic E-state index is 13.6. The number of aliphatic imine (C=N–C) groups is 1. The van der Waals surface area contributed by atoms with E-state index in [1.807, 2.05) is 18.0 Å². The molecular formula is C17H20FN5O. The summed E-state index contributed by atoms with van der Waals surface area (Å²) < 4.78 is 13.6. The lowest BCUT2D eigenvalue weighted by molar-refractivity contribution is 0.216. The lowest BCUT2D eigenvalue weighted by Crippen LogP contribution is -2.49. The van der Waals surface area contributed by atoms with Crippen LogP contribution in [-0.2, 0) is 0 Å². The number of carbonyl (C=O) groups is 1. The molecule has 2 amide bonds. The van der Waals surface area contributed by atoms with Crippen molar-refractivity contribution in [2.24, 2.45) is 16.8 Å². The molecule has 0 spiro atoms. The van der Waals surface area contributed by atoms with Gasteiger partial charge in [-0.15, -0.1) is 0 Å². The number of aryl methyl sites for hydroxylation is 1. The quantitative estimate of drug-likeness (QED) is 0.872. The van der Waals surface area contributed by atoms with E-state index in [0.717, 1.165) is 30.2 Å². The van der Waals surface area contributed by atoms with E-state index in [1.54, 1.807) is 11.0 Å². The van der Waals surface area contributed by atoms with Crippen molar-refractivity contribution in [3.8, 4) is 0 Å². The highest BCUT2D eigenvalue weighted by atomic mass is 19.1. The van der Waals surface area contributed by atoms with Crippen LogP contribution in [0.1, 0.15) is 12.5 Å². The zero-order chi connectivity index (χ0) is 16.8. The van der Waals surface area contributed by atoms with Crippen molar-refractivity contribution in [1.82, 2.24) is 15.5 Å². The molecule has 1 aromatic rings. The molecule has 7 heteroatoms. The molecule has 0 aromatic heterocycles. The molecule has 2 atom stereocenters. The molecule has 24 heavy (non-hydrogen) atoms. The average molecular weight is 329 g/mol. The highest BCUT2D eigenvalue weighted by Crippen LogP contribution is 2.30. The Morgan fingerprint density at radius 2 is 2.17 bits per heavy atom. The second-order valence-corrected chi connectivity index (χ2v) is 6.63. The van der Waals surface area contributed by atoms with Crippen molar-refractivity contribution < 1.29 is 9.18 Å². The van der Waals surface area contributed by atoms with Crippen LogP contribution in [0.5, 0.6) is 0 Å². The topological polar surface area (TPSA) is 60.0 Å². The van der Waals surface area contributed by atoms with Crippen molar-refractivity contribution in [2.45, 2.75) is 13.8 Å². The summed E-state index contributed by atoms with van der Waals surface area (Å²) in [6.45, 7) is 6.15. The van der Waals surface area contributed by atoms with Crippen molar-refractivity contribution in [3.05, 3.63) is 41.6 Å². The molecule has 0 aliphatic carbocycles. The van der Waals surface area contributed by atoms with Crippen LogP contribution in [0.15, 0.2) is 35.2 Å². The molecule has 0 radical (unpaired) electrons. The average Bonchev–Trinajstić information content (AvgIpc) is 3.16. The van der Waals surface area contributed by atoms with E-state index < -0.39 is 0 Å². The van der Waals surface area contributed by atoms with Gasteiger partial charge >= 0.3 is 6.03 Å². The van der Waals surface area contributed by atoms with E-state index in [1.165, 1.54) is 12.1 Å². The summed E-state index contributed by atoms with van der Waals surface area (Å²) in [6, 6.07) is 4.48. The van der Waals surface area contributed by atoms with E-state index in [2.05, 4.69) is 22.5 Å². The summed E-state index contributed by atoms with van der Waals surface area (Å²) >= 11 is 0. The fourth-order valence-corrected chi connectivity index (χ4v) is 3.45. The molecule has 4 rings (SSSR count). The minimum Gasteiger partial charge on any atom is -0.325 e. The largest absolute Gasteiger partial charge is 0.329 e. The molecule has 3 heterocycles. The molecule has 0 bridgehead atoms. The lowest BCUT2D eigenvalue weighted by Gasteiger charge is -2.28. The van der Waals surface area contributed by atoms with Crippen LogP contribution in [0, 0.1) is 24.6 Å². The van der Waals surface area contributed by atoms with E-state index in [-0.39, 0.29) is 17.8 Å². The van der Waals surface area contributed by atoms with Gasteiger partial charge in [-0.2, -0.15) is 0 Å². The van der Waals surface area contributed by atoms with Gasteiger partial charge in [0.1, 0.15) is 18.3 Å². The molecule has 1 saturated heterocycles. The van der Waals surface area contributed by atoms with Crippen molar-refractivity contribution in [2.75, 3.05) is 24.7 Å². The summed E-state index contributed by atoms with van der Waals surface area (Å²) in [5, 5.41) is 6.24. The van der Waals surface area contributed by atoms with Gasteiger partial charge in [0.05, 0.1) is 0 Å². The zero-order valence-corrected chi connectivity index (χ0v) is 13.7. The van der Waals surface area contributed by atoms with Crippen LogP contribution < -0.4 is 15.5 Å². The Morgan fingerprint density at radius 1 is 1.33 bits per heavy atom. The number of nitrogens with one attached hydrogen (secondary N) is 2. The number of urea groups is 1. The predicted octanol–water partition coefficient (Wildman–Crippen LogP) is 1.99. The molecule has 1 fully saturated rings. The number of hydrogen-bond donors (Lipinski definition) is 2. The molecule has 3 aliphatic rings. The maximum atomic E-state index is 13.6. The Morgan fingerprint density at radius 3 is 2.92 bits per heavy atom. The van der Waals surface area contributed by atoms with Crippen LogP contribution in [0.25, 0.3) is 0 Å². The molecule has 3 aliphatic heterocycles. The summed E-state index contributed by atoms with van der Waals surface area (Å²) in [7, 11) is 0. The Kier molecular flexibility index (Phi) is 3.53. The number of amides is 2. The van der Waals surface area contributed by atoms with E-state index >= 15 is 0 Å². The number of anilines is 1. The first kappa shape index (κ1) is 15.1. The molecular weight excluding hydrogens is 309 g/mol. The van der Waals surface area contributed by atoms with Gasteiger partial charge in [0.25, 0.3) is 0 Å². The smallest absolute Gasteiger partial charge is 0.325 e. The fraction of sp³-hybridized carbons (Fsp3) is 0.412. The van der Waals surface area contributed by atoms with Crippen LogP contribution in [0.3, 0.4) is 0 Å². The predicted molar refractivity (Wildman–Crippen MR) is 89.9 cm³/mol. The van der Waals surface area contributed by atoms with Gasteiger partial charge < -0.3 is 10.2 Å². The minimum atomic E-state index is -0.293. The third-order valence-electron chi connectivity index (χ3n) is 4.91. The molecule has 126 valence electrons. The van der Waals surface area contributed by atoms with Gasteiger partial charge in [0.2, 0.25) is 0 Å². The van der Waals surface area contributed by atoms with E-state index in [4.69, 9.17) is 0 Å². The Balaban J connectivity index is 1.66. The molecule has 0 saturated carbocycles. The number of benzene rings is 1. The SMILES string of the molecule is Cc1ccc(F)cc1N1C=C2N=C(C3CNCC3C)NC(=O)N2C1. The second-order valence-electron chi connectivity index (χ2n) is 6.63. The van der Waals surface area contributed by atoms with Crippen molar-refractivity contribution in [3.63, 3.8) is 0 Å². The number of nitrogens with zero attached hydrogens (tertiary/aromatic N) is 3. The van der Waals surface area contributed by atoms with Crippen LogP contribution >= 0.6 is 0 Å². The molecule has 1 aromatic carbocycles. The first-order chi connectivity index (χ1) is 11.5. The summed E-state index contributed by atoms with van der Waals surface area (Å²) in [4.78, 5) is 20.5. The standard InChI is InChI=1S/C17H20FN5O/c1-10-3-4-12(18)5-14(10)22-8-15-20-16(13-7-19-6-11(13)2)21-17(24)23(15)9-22/h3-5,8,11,13,19H,6-7,9H2,1-2H3,(H,20,21,24). The number of hydrogen-bond acceptors (Lipinski definition) is 4. The molecule has 2 N–H and O–H groups in total. The fourth-order valence-electron chi connectivity index (χ4n) is 3.45. The summed E-state index contributed by atoms with van der Waals surface area (Å²) in [5.41, 5.74) is 1.70. The summed E-state index contributed by atoms with van der Waals surface area (Å²) in [6.07, 6.45) is 1.81. The zero-order valence-electron chi connectivity index (χ0n) is 13.7. The minimum absolute atomic E-state index is 0.179. The number of carbonyl (C=O) groups excluding carboxylic acids is 1. The van der Waals surface area contributed by atoms with Gasteiger partial charge in [0, 0.05) is 24.4 Å². The Hall–Kier alpha value is -2.41. The Labute approximate surface area is 140 Å². The number of halogens is 1. The van der Waals surface area contributed by atoms with E-state index in [9.17, 15) is 9.18 Å². The van der Waals surface area contributed by atoms with Crippen LogP contribution in [0.2, 0.25) is 0 Å². The van der Waals surface area contributed by atoms with Gasteiger partial charge in [-0.1, -0.05) is 13.0 Å². The van der Waals surface area contributed by atoms with Gasteiger partial charge in [-0.25, -0.2) is 14.2 Å². The highest BCUT2D eigenvalue weighted by molar-refractivity contribution is 6.02. The molecule has 6 nitrogen and oxygen atoms in total. The number of rotatable bonds is 2. The second kappa shape index (κ2) is 5.59. The number of amidine groups is 1. The monoisotopic (exact) mass is 329 g/mol. The van der Waals surface area contributed by atoms with E-state index in [0.29, 0.717) is 18.4 Å². The van der Waals surface area contributed by atoms with Gasteiger partial charge in [0.15, 0.2) is 5.82 Å². The summed E-state index contributed by atoms with van der Waals surface area (Å²) in [5.74, 6) is 1.67. The van der Waals surface area contributed by atoms with Crippen molar-refractivity contribution in [1.29, 1.82) is 0 Å². The first-order valence-corrected chi connectivity index (χ1v) is 8.15. The van der Waals surface area contributed by atoms with Gasteiger partial charge in [-0.05, 0) is 37.1 Å². The Bertz CT molecular complexity index is 759.